The minimum absolute atomic E-state index is 0.208. The number of hydrogen-bond acceptors (Lipinski definition) is 2. The summed E-state index contributed by atoms with van der Waals surface area (Å²) in [5, 5.41) is 0.699. The predicted molar refractivity (Wildman–Crippen MR) is 86.7 cm³/mol. The van der Waals surface area contributed by atoms with Crippen molar-refractivity contribution in [1.82, 2.24) is 4.90 Å². The Bertz CT molecular complexity index is 597. The molecule has 21 heavy (non-hydrogen) atoms. The molecule has 1 amide bonds. The molecule has 0 saturated heterocycles. The van der Waals surface area contributed by atoms with Crippen molar-refractivity contribution >= 4 is 29.1 Å². The van der Waals surface area contributed by atoms with Gasteiger partial charge in [0.15, 0.2) is 0 Å². The number of nitrogens with two attached hydrogens (primary N) is 1. The van der Waals surface area contributed by atoms with Crippen molar-refractivity contribution in [2.24, 2.45) is 5.73 Å². The Morgan fingerprint density at radius 3 is 2.19 bits per heavy atom. The van der Waals surface area contributed by atoms with E-state index in [1.165, 1.54) is 0 Å². The smallest absolute Gasteiger partial charge is 0.257 e. The number of rotatable bonds is 5. The molecule has 2 rings (SSSR count). The summed E-state index contributed by atoms with van der Waals surface area (Å²) in [5.41, 5.74) is 6.97. The summed E-state index contributed by atoms with van der Waals surface area (Å²) in [6, 6.07) is 14.8. The van der Waals surface area contributed by atoms with Crippen molar-refractivity contribution in [2.45, 2.75) is 6.54 Å². The zero-order valence-electron chi connectivity index (χ0n) is 11.4. The summed E-state index contributed by atoms with van der Waals surface area (Å²) in [5.74, 6) is -0.208. The van der Waals surface area contributed by atoms with Gasteiger partial charge in [0.25, 0.3) is 5.91 Å². The molecule has 0 aromatic heterocycles. The van der Waals surface area contributed by atoms with Gasteiger partial charge in [-0.25, -0.2) is 0 Å². The Balaban J connectivity index is 2.27. The molecule has 3 nitrogen and oxygen atoms in total. The van der Waals surface area contributed by atoms with Crippen molar-refractivity contribution in [3.63, 3.8) is 0 Å². The van der Waals surface area contributed by atoms with Gasteiger partial charge in [-0.05, 0) is 17.7 Å². The molecule has 0 aliphatic heterocycles. The Morgan fingerprint density at radius 1 is 1.00 bits per heavy atom. The number of benzene rings is 2. The van der Waals surface area contributed by atoms with Gasteiger partial charge in [0.1, 0.15) is 0 Å². The van der Waals surface area contributed by atoms with Crippen molar-refractivity contribution < 1.29 is 4.79 Å². The summed E-state index contributed by atoms with van der Waals surface area (Å²) >= 11 is 12.2. The fraction of sp³-hybridized carbons (Fsp3) is 0.188. The van der Waals surface area contributed by atoms with E-state index in [4.69, 9.17) is 28.9 Å². The minimum atomic E-state index is -0.208. The normalized spacial score (nSPS) is 10.4. The minimum Gasteiger partial charge on any atom is -0.333 e. The van der Waals surface area contributed by atoms with E-state index in [9.17, 15) is 4.79 Å². The maximum absolute atomic E-state index is 12.7. The molecular formula is C16H16Cl2N2O. The fourth-order valence-corrected chi connectivity index (χ4v) is 2.63. The number of halogens is 2. The van der Waals surface area contributed by atoms with Gasteiger partial charge in [0.2, 0.25) is 0 Å². The highest BCUT2D eigenvalue weighted by atomic mass is 35.5. The maximum Gasteiger partial charge on any atom is 0.257 e. The zero-order valence-corrected chi connectivity index (χ0v) is 12.9. The lowest BCUT2D eigenvalue weighted by molar-refractivity contribution is 0.0748. The summed E-state index contributed by atoms with van der Waals surface area (Å²) in [4.78, 5) is 14.3. The average Bonchev–Trinajstić information content (AvgIpc) is 2.47. The largest absolute Gasteiger partial charge is 0.333 e. The van der Waals surface area contributed by atoms with Gasteiger partial charge in [-0.15, -0.1) is 0 Å². The molecule has 0 saturated carbocycles. The van der Waals surface area contributed by atoms with Crippen LogP contribution in [0.5, 0.6) is 0 Å². The highest BCUT2D eigenvalue weighted by molar-refractivity contribution is 6.39. The van der Waals surface area contributed by atoms with Crippen LogP contribution in [0.2, 0.25) is 10.0 Å². The Morgan fingerprint density at radius 2 is 1.62 bits per heavy atom. The molecule has 110 valence electrons. The van der Waals surface area contributed by atoms with Crippen LogP contribution in [0.4, 0.5) is 0 Å². The van der Waals surface area contributed by atoms with Crippen LogP contribution in [0, 0.1) is 0 Å². The fourth-order valence-electron chi connectivity index (χ4n) is 2.07. The van der Waals surface area contributed by atoms with E-state index < -0.39 is 0 Å². The molecule has 0 fully saturated rings. The van der Waals surface area contributed by atoms with Crippen LogP contribution >= 0.6 is 23.2 Å². The lowest BCUT2D eigenvalue weighted by Crippen LogP contribution is -2.35. The van der Waals surface area contributed by atoms with Crippen LogP contribution in [-0.4, -0.2) is 23.9 Å². The molecule has 0 heterocycles. The Kier molecular flexibility index (Phi) is 5.62. The van der Waals surface area contributed by atoms with Crippen LogP contribution in [0.3, 0.4) is 0 Å². The SMILES string of the molecule is NCCN(Cc1ccccc1)C(=O)c1c(Cl)cccc1Cl. The maximum atomic E-state index is 12.7. The number of carbonyl (C=O) groups excluding carboxylic acids is 1. The van der Waals surface area contributed by atoms with E-state index in [1.54, 1.807) is 23.1 Å². The lowest BCUT2D eigenvalue weighted by atomic mass is 10.1. The first-order chi connectivity index (χ1) is 10.1. The lowest BCUT2D eigenvalue weighted by Gasteiger charge is -2.23. The van der Waals surface area contributed by atoms with Gasteiger partial charge >= 0.3 is 0 Å². The third kappa shape index (κ3) is 3.97. The number of nitrogens with zero attached hydrogens (tertiary/aromatic N) is 1. The molecule has 0 bridgehead atoms. The quantitative estimate of drug-likeness (QED) is 0.914. The monoisotopic (exact) mass is 322 g/mol. The van der Waals surface area contributed by atoms with Gasteiger partial charge in [-0.1, -0.05) is 59.6 Å². The molecule has 0 aliphatic rings. The topological polar surface area (TPSA) is 46.3 Å². The van der Waals surface area contributed by atoms with Crippen molar-refractivity contribution in [3.05, 3.63) is 69.7 Å². The average molecular weight is 323 g/mol. The molecule has 0 spiro atoms. The van der Waals surface area contributed by atoms with Crippen LogP contribution in [-0.2, 0) is 6.54 Å². The molecule has 0 unspecified atom stereocenters. The van der Waals surface area contributed by atoms with Gasteiger partial charge < -0.3 is 10.6 Å². The molecule has 0 aliphatic carbocycles. The summed E-state index contributed by atoms with van der Waals surface area (Å²) in [6.45, 7) is 1.29. The molecule has 0 radical (unpaired) electrons. The Labute approximate surface area is 134 Å². The second-order valence-electron chi connectivity index (χ2n) is 4.60. The second kappa shape index (κ2) is 7.46. The first-order valence-corrected chi connectivity index (χ1v) is 7.36. The zero-order chi connectivity index (χ0) is 15.2. The van der Waals surface area contributed by atoms with Crippen LogP contribution in [0.15, 0.2) is 48.5 Å². The van der Waals surface area contributed by atoms with E-state index in [0.717, 1.165) is 5.56 Å². The third-order valence-corrected chi connectivity index (χ3v) is 3.71. The van der Waals surface area contributed by atoms with Crippen molar-refractivity contribution in [2.75, 3.05) is 13.1 Å². The van der Waals surface area contributed by atoms with E-state index in [1.807, 2.05) is 30.3 Å². The summed E-state index contributed by atoms with van der Waals surface area (Å²) < 4.78 is 0. The highest BCUT2D eigenvalue weighted by Gasteiger charge is 2.20. The van der Waals surface area contributed by atoms with E-state index in [-0.39, 0.29) is 5.91 Å². The molecule has 5 heteroatoms. The Hall–Kier alpha value is -1.55. The van der Waals surface area contributed by atoms with Crippen LogP contribution in [0.1, 0.15) is 15.9 Å². The van der Waals surface area contributed by atoms with Crippen LogP contribution < -0.4 is 5.73 Å². The van der Waals surface area contributed by atoms with Crippen molar-refractivity contribution in [1.29, 1.82) is 0 Å². The highest BCUT2D eigenvalue weighted by Crippen LogP contribution is 2.26. The van der Waals surface area contributed by atoms with Crippen LogP contribution in [0.25, 0.3) is 0 Å². The number of carbonyl (C=O) groups is 1. The second-order valence-corrected chi connectivity index (χ2v) is 5.41. The van der Waals surface area contributed by atoms with Gasteiger partial charge in [0, 0.05) is 19.6 Å². The molecule has 2 aromatic carbocycles. The van der Waals surface area contributed by atoms with E-state index in [2.05, 4.69) is 0 Å². The number of amides is 1. The first kappa shape index (κ1) is 15.8. The standard InChI is InChI=1S/C16H16Cl2N2O/c17-13-7-4-8-14(18)15(13)16(21)20(10-9-19)11-12-5-2-1-3-6-12/h1-8H,9-11,19H2. The first-order valence-electron chi connectivity index (χ1n) is 6.60. The molecule has 0 atom stereocenters. The van der Waals surface area contributed by atoms with Gasteiger partial charge in [-0.3, -0.25) is 4.79 Å². The van der Waals surface area contributed by atoms with Gasteiger partial charge in [0.05, 0.1) is 15.6 Å². The van der Waals surface area contributed by atoms with Crippen molar-refractivity contribution in [3.8, 4) is 0 Å². The molecular weight excluding hydrogens is 307 g/mol. The third-order valence-electron chi connectivity index (χ3n) is 3.08. The summed E-state index contributed by atoms with van der Waals surface area (Å²) in [7, 11) is 0. The molecule has 2 N–H and O–H groups in total. The van der Waals surface area contributed by atoms with Gasteiger partial charge in [-0.2, -0.15) is 0 Å². The van der Waals surface area contributed by atoms with E-state index in [0.29, 0.717) is 35.2 Å². The molecule has 2 aromatic rings. The van der Waals surface area contributed by atoms with E-state index >= 15 is 0 Å². The predicted octanol–water partition coefficient (Wildman–Crippen LogP) is 3.59. The summed E-state index contributed by atoms with van der Waals surface area (Å²) in [6.07, 6.45) is 0. The number of hydrogen-bond donors (Lipinski definition) is 1.